The molecule has 0 N–H and O–H groups in total. The van der Waals surface area contributed by atoms with Crippen molar-refractivity contribution >= 4 is 11.8 Å². The summed E-state index contributed by atoms with van der Waals surface area (Å²) in [5, 5.41) is 0. The van der Waals surface area contributed by atoms with Crippen LogP contribution in [-0.2, 0) is 4.79 Å². The number of nitrogens with zero attached hydrogens (tertiary/aromatic N) is 1. The summed E-state index contributed by atoms with van der Waals surface area (Å²) in [4.78, 5) is 13.5. The highest BCUT2D eigenvalue weighted by Crippen LogP contribution is 2.36. The van der Waals surface area contributed by atoms with E-state index in [-0.39, 0.29) is 0 Å². The molecule has 1 rings (SSSR count). The Morgan fingerprint density at radius 3 is 2.62 bits per heavy atom. The van der Waals surface area contributed by atoms with Crippen LogP contribution >= 0.6 is 0 Å². The summed E-state index contributed by atoms with van der Waals surface area (Å²) >= 11 is 0. The molecule has 0 heterocycles. The van der Waals surface area contributed by atoms with Gasteiger partial charge in [-0.2, -0.15) is 4.99 Å². The molecule has 0 spiro atoms. The van der Waals surface area contributed by atoms with E-state index < -0.39 is 0 Å². The zero-order valence-electron chi connectivity index (χ0n) is 7.40. The number of hydrogen-bond acceptors (Lipinski definition) is 4. The Morgan fingerprint density at radius 2 is 2.08 bits per heavy atom. The molecule has 0 atom stereocenters. The first-order valence-electron chi connectivity index (χ1n) is 3.62. The fourth-order valence-electron chi connectivity index (χ4n) is 1.01. The Kier molecular flexibility index (Phi) is 3.06. The smallest absolute Gasteiger partial charge is 0.240 e. The Bertz CT molecular complexity index is 343. The molecule has 0 radical (unpaired) electrons. The van der Waals surface area contributed by atoms with Crippen molar-refractivity contribution in [3.05, 3.63) is 18.2 Å². The number of rotatable bonds is 3. The third-order valence-corrected chi connectivity index (χ3v) is 1.55. The summed E-state index contributed by atoms with van der Waals surface area (Å²) in [7, 11) is 3.01. The van der Waals surface area contributed by atoms with Crippen molar-refractivity contribution in [2.45, 2.75) is 0 Å². The zero-order valence-corrected chi connectivity index (χ0v) is 7.40. The van der Waals surface area contributed by atoms with Crippen molar-refractivity contribution in [2.75, 3.05) is 14.2 Å². The van der Waals surface area contributed by atoms with Crippen molar-refractivity contribution in [1.82, 2.24) is 0 Å². The normalized spacial score (nSPS) is 8.77. The summed E-state index contributed by atoms with van der Waals surface area (Å²) < 4.78 is 10.0. The molecule has 4 nitrogen and oxygen atoms in total. The van der Waals surface area contributed by atoms with Crippen LogP contribution in [0.1, 0.15) is 0 Å². The van der Waals surface area contributed by atoms with Crippen LogP contribution in [0.2, 0.25) is 0 Å². The molecule has 1 aromatic carbocycles. The second kappa shape index (κ2) is 4.28. The summed E-state index contributed by atoms with van der Waals surface area (Å²) in [6, 6.07) is 5.09. The zero-order chi connectivity index (χ0) is 9.68. The molecule has 4 heteroatoms. The van der Waals surface area contributed by atoms with Crippen molar-refractivity contribution in [3.63, 3.8) is 0 Å². The van der Waals surface area contributed by atoms with Crippen molar-refractivity contribution in [1.29, 1.82) is 0 Å². The third-order valence-electron chi connectivity index (χ3n) is 1.55. The third kappa shape index (κ3) is 1.86. The number of ether oxygens (including phenoxy) is 2. The van der Waals surface area contributed by atoms with Gasteiger partial charge in [0.15, 0.2) is 11.5 Å². The number of aliphatic imine (C=N–C) groups is 1. The first kappa shape index (κ1) is 9.29. The van der Waals surface area contributed by atoms with Gasteiger partial charge in [-0.3, -0.25) is 0 Å². The number of methoxy groups -OCH3 is 2. The summed E-state index contributed by atoms with van der Waals surface area (Å²) in [6.45, 7) is 0. The van der Waals surface area contributed by atoms with Gasteiger partial charge in [-0.25, -0.2) is 4.79 Å². The van der Waals surface area contributed by atoms with Crippen LogP contribution in [0.15, 0.2) is 23.2 Å². The standard InChI is InChI=1S/C9H9NO3/c1-12-8-5-3-4-7(10-6-11)9(8)13-2/h3-5H,1-2H3. The Morgan fingerprint density at radius 1 is 1.31 bits per heavy atom. The summed E-state index contributed by atoms with van der Waals surface area (Å²) in [5.74, 6) is 0.979. The molecule has 0 aliphatic rings. The van der Waals surface area contributed by atoms with E-state index in [0.29, 0.717) is 17.2 Å². The lowest BCUT2D eigenvalue weighted by atomic mass is 10.3. The minimum absolute atomic E-state index is 0.414. The molecule has 68 valence electrons. The summed E-state index contributed by atoms with van der Waals surface area (Å²) in [6.07, 6.45) is 1.45. The molecule has 0 aliphatic carbocycles. The predicted octanol–water partition coefficient (Wildman–Crippen LogP) is 1.67. The van der Waals surface area contributed by atoms with Crippen LogP contribution in [-0.4, -0.2) is 20.3 Å². The van der Waals surface area contributed by atoms with E-state index in [0.717, 1.165) is 0 Å². The van der Waals surface area contributed by atoms with E-state index in [1.807, 2.05) is 0 Å². The molecule has 0 bridgehead atoms. The number of benzene rings is 1. The molecule has 13 heavy (non-hydrogen) atoms. The molecular formula is C9H9NO3. The van der Waals surface area contributed by atoms with Gasteiger partial charge in [-0.15, -0.1) is 0 Å². The van der Waals surface area contributed by atoms with Crippen LogP contribution in [0, 0.1) is 0 Å². The lowest BCUT2D eigenvalue weighted by molar-refractivity contribution is 0.356. The van der Waals surface area contributed by atoms with E-state index in [2.05, 4.69) is 4.99 Å². The molecule has 0 saturated heterocycles. The highest BCUT2D eigenvalue weighted by atomic mass is 16.5. The van der Waals surface area contributed by atoms with Crippen LogP contribution in [0.25, 0.3) is 0 Å². The first-order chi connectivity index (χ1) is 6.33. The Labute approximate surface area is 75.8 Å². The van der Waals surface area contributed by atoms with Crippen molar-refractivity contribution in [2.24, 2.45) is 4.99 Å². The average molecular weight is 179 g/mol. The maximum Gasteiger partial charge on any atom is 0.240 e. The summed E-state index contributed by atoms with van der Waals surface area (Å²) in [5.41, 5.74) is 0.414. The van der Waals surface area contributed by atoms with Crippen molar-refractivity contribution < 1.29 is 14.3 Å². The number of para-hydroxylation sites is 1. The van der Waals surface area contributed by atoms with E-state index in [1.165, 1.54) is 20.3 Å². The molecule has 1 aromatic rings. The molecule has 0 fully saturated rings. The maximum absolute atomic E-state index is 10.1. The van der Waals surface area contributed by atoms with Gasteiger partial charge in [-0.05, 0) is 12.1 Å². The van der Waals surface area contributed by atoms with Crippen LogP contribution in [0.5, 0.6) is 11.5 Å². The Hall–Kier alpha value is -1.80. The largest absolute Gasteiger partial charge is 0.493 e. The van der Waals surface area contributed by atoms with Gasteiger partial charge in [-0.1, -0.05) is 6.07 Å². The van der Waals surface area contributed by atoms with E-state index in [9.17, 15) is 4.79 Å². The van der Waals surface area contributed by atoms with Crippen molar-refractivity contribution in [3.8, 4) is 11.5 Å². The fourth-order valence-corrected chi connectivity index (χ4v) is 1.01. The highest BCUT2D eigenvalue weighted by Gasteiger charge is 2.07. The number of isocyanates is 1. The average Bonchev–Trinajstić information content (AvgIpc) is 2.18. The van der Waals surface area contributed by atoms with Gasteiger partial charge in [0.25, 0.3) is 0 Å². The van der Waals surface area contributed by atoms with Gasteiger partial charge in [0.2, 0.25) is 6.08 Å². The molecule has 0 aromatic heterocycles. The van der Waals surface area contributed by atoms with Crippen LogP contribution < -0.4 is 9.47 Å². The first-order valence-corrected chi connectivity index (χ1v) is 3.62. The van der Waals surface area contributed by atoms with Gasteiger partial charge < -0.3 is 9.47 Å². The van der Waals surface area contributed by atoms with Gasteiger partial charge in [0.1, 0.15) is 5.69 Å². The minimum Gasteiger partial charge on any atom is -0.493 e. The highest BCUT2D eigenvalue weighted by molar-refractivity contribution is 5.63. The van der Waals surface area contributed by atoms with Crippen LogP contribution in [0.4, 0.5) is 5.69 Å². The maximum atomic E-state index is 10.1. The Balaban J connectivity index is 3.26. The van der Waals surface area contributed by atoms with E-state index in [1.54, 1.807) is 18.2 Å². The second-order valence-corrected chi connectivity index (χ2v) is 2.22. The second-order valence-electron chi connectivity index (χ2n) is 2.22. The molecule has 0 unspecified atom stereocenters. The SMILES string of the molecule is COc1cccc(N=C=O)c1OC. The molecule has 0 aliphatic heterocycles. The molecule has 0 amide bonds. The minimum atomic E-state index is 0.414. The van der Waals surface area contributed by atoms with E-state index >= 15 is 0 Å². The van der Waals surface area contributed by atoms with Gasteiger partial charge in [0, 0.05) is 0 Å². The topological polar surface area (TPSA) is 47.9 Å². The van der Waals surface area contributed by atoms with Gasteiger partial charge in [0.05, 0.1) is 14.2 Å². The monoisotopic (exact) mass is 179 g/mol. The molecule has 0 saturated carbocycles. The predicted molar refractivity (Wildman–Crippen MR) is 47.3 cm³/mol. The van der Waals surface area contributed by atoms with E-state index in [4.69, 9.17) is 9.47 Å². The van der Waals surface area contributed by atoms with Crippen LogP contribution in [0.3, 0.4) is 0 Å². The quantitative estimate of drug-likeness (QED) is 0.523. The number of carbonyl (C=O) groups excluding carboxylic acids is 1. The number of hydrogen-bond donors (Lipinski definition) is 0. The lowest BCUT2D eigenvalue weighted by Crippen LogP contribution is -1.89. The van der Waals surface area contributed by atoms with Gasteiger partial charge >= 0.3 is 0 Å². The lowest BCUT2D eigenvalue weighted by Gasteiger charge is -2.07. The fraction of sp³-hybridized carbons (Fsp3) is 0.222. The molecular weight excluding hydrogens is 170 g/mol.